The summed E-state index contributed by atoms with van der Waals surface area (Å²) in [5.74, 6) is -0.198. The van der Waals surface area contributed by atoms with Gasteiger partial charge in [0.15, 0.2) is 5.15 Å². The zero-order valence-corrected chi connectivity index (χ0v) is 13.2. The van der Waals surface area contributed by atoms with E-state index in [4.69, 9.17) is 11.6 Å². The summed E-state index contributed by atoms with van der Waals surface area (Å²) in [4.78, 5) is 3.87. The molecule has 0 bridgehead atoms. The van der Waals surface area contributed by atoms with Crippen molar-refractivity contribution >= 4 is 37.1 Å². The Morgan fingerprint density at radius 1 is 1.35 bits per heavy atom. The van der Waals surface area contributed by atoms with E-state index in [2.05, 4.69) is 9.71 Å². The zero-order valence-electron chi connectivity index (χ0n) is 10.8. The van der Waals surface area contributed by atoms with Crippen molar-refractivity contribution in [3.8, 4) is 0 Å². The zero-order chi connectivity index (χ0) is 15.0. The molecule has 0 aromatic carbocycles. The lowest BCUT2D eigenvalue weighted by Gasteiger charge is -2.22. The number of nitrogens with one attached hydrogen (secondary N) is 1. The normalized spacial score (nSPS) is 19.7. The van der Waals surface area contributed by atoms with Gasteiger partial charge in [-0.15, -0.1) is 0 Å². The maximum atomic E-state index is 12.2. The van der Waals surface area contributed by atoms with Crippen LogP contribution >= 0.6 is 11.6 Å². The standard InChI is InChI=1S/C11H15ClN2O4S2/c1-8-6-10(11(12)13-7-8)14-20(17,18)9-2-4-19(15,16)5-3-9/h6-7,9,14H,2-5H2,1H3. The average molecular weight is 339 g/mol. The molecular weight excluding hydrogens is 324 g/mol. The van der Waals surface area contributed by atoms with Crippen LogP contribution in [0, 0.1) is 6.92 Å². The molecule has 9 heteroatoms. The first-order chi connectivity index (χ1) is 9.20. The molecule has 1 aromatic heterocycles. The first-order valence-corrected chi connectivity index (χ1v) is 9.78. The van der Waals surface area contributed by atoms with Gasteiger partial charge in [0, 0.05) is 6.20 Å². The Morgan fingerprint density at radius 3 is 2.55 bits per heavy atom. The smallest absolute Gasteiger partial charge is 0.235 e. The minimum atomic E-state index is -3.66. The predicted molar refractivity (Wildman–Crippen MR) is 78.2 cm³/mol. The average Bonchev–Trinajstić information content (AvgIpc) is 2.33. The molecule has 0 saturated carbocycles. The van der Waals surface area contributed by atoms with E-state index < -0.39 is 25.1 Å². The molecule has 112 valence electrons. The van der Waals surface area contributed by atoms with Gasteiger partial charge in [0.1, 0.15) is 9.84 Å². The number of halogens is 1. The first-order valence-electron chi connectivity index (χ1n) is 6.04. The number of sulfonamides is 1. The molecule has 1 aliphatic heterocycles. The molecule has 1 saturated heterocycles. The third-order valence-electron chi connectivity index (χ3n) is 3.17. The number of rotatable bonds is 3. The van der Waals surface area contributed by atoms with Gasteiger partial charge in [-0.3, -0.25) is 4.72 Å². The lowest BCUT2D eigenvalue weighted by Crippen LogP contribution is -2.36. The summed E-state index contributed by atoms with van der Waals surface area (Å²) >= 11 is 5.85. The van der Waals surface area contributed by atoms with E-state index in [0.29, 0.717) is 0 Å². The van der Waals surface area contributed by atoms with Gasteiger partial charge in [-0.25, -0.2) is 21.8 Å². The minimum absolute atomic E-state index is 0.0719. The molecule has 1 fully saturated rings. The van der Waals surface area contributed by atoms with Crippen LogP contribution in [-0.4, -0.2) is 38.6 Å². The summed E-state index contributed by atoms with van der Waals surface area (Å²) in [6.07, 6.45) is 1.75. The van der Waals surface area contributed by atoms with E-state index >= 15 is 0 Å². The van der Waals surface area contributed by atoms with Crippen LogP contribution in [0.4, 0.5) is 5.69 Å². The van der Waals surface area contributed by atoms with Crippen molar-refractivity contribution in [1.29, 1.82) is 0 Å². The van der Waals surface area contributed by atoms with Crippen LogP contribution in [0.5, 0.6) is 0 Å². The molecule has 1 aromatic rings. The largest absolute Gasteiger partial charge is 0.280 e. The fourth-order valence-electron chi connectivity index (χ4n) is 2.04. The van der Waals surface area contributed by atoms with Gasteiger partial charge in [0.05, 0.1) is 22.4 Å². The highest BCUT2D eigenvalue weighted by atomic mass is 35.5. The summed E-state index contributed by atoms with van der Waals surface area (Å²) in [7, 11) is -6.76. The van der Waals surface area contributed by atoms with E-state index in [0.717, 1.165) is 5.56 Å². The van der Waals surface area contributed by atoms with Crippen molar-refractivity contribution in [2.45, 2.75) is 25.0 Å². The molecule has 0 radical (unpaired) electrons. The first kappa shape index (κ1) is 15.5. The van der Waals surface area contributed by atoms with Crippen molar-refractivity contribution < 1.29 is 16.8 Å². The fraction of sp³-hybridized carbons (Fsp3) is 0.545. The monoisotopic (exact) mass is 338 g/mol. The summed E-state index contributed by atoms with van der Waals surface area (Å²) in [5, 5.41) is -0.648. The number of hydrogen-bond donors (Lipinski definition) is 1. The second-order valence-electron chi connectivity index (χ2n) is 4.85. The Morgan fingerprint density at radius 2 is 1.95 bits per heavy atom. The number of sulfone groups is 1. The van der Waals surface area contributed by atoms with Crippen molar-refractivity contribution in [3.63, 3.8) is 0 Å². The maximum Gasteiger partial charge on any atom is 0.235 e. The minimum Gasteiger partial charge on any atom is -0.280 e. The van der Waals surface area contributed by atoms with E-state index in [1.807, 2.05) is 0 Å². The van der Waals surface area contributed by atoms with E-state index in [-0.39, 0.29) is 35.2 Å². The molecule has 0 spiro atoms. The van der Waals surface area contributed by atoms with E-state index in [1.54, 1.807) is 13.0 Å². The summed E-state index contributed by atoms with van der Waals surface area (Å²) < 4.78 is 49.5. The van der Waals surface area contributed by atoms with Gasteiger partial charge in [-0.1, -0.05) is 11.6 Å². The lowest BCUT2D eigenvalue weighted by atomic mass is 10.2. The molecule has 1 N–H and O–H groups in total. The van der Waals surface area contributed by atoms with Crippen molar-refractivity contribution in [2.24, 2.45) is 0 Å². The highest BCUT2D eigenvalue weighted by Crippen LogP contribution is 2.25. The number of aryl methyl sites for hydroxylation is 1. The van der Waals surface area contributed by atoms with E-state index in [1.165, 1.54) is 6.20 Å². The fourth-order valence-corrected chi connectivity index (χ4v) is 5.52. The Balaban J connectivity index is 2.18. The van der Waals surface area contributed by atoms with Crippen LogP contribution in [-0.2, 0) is 19.9 Å². The van der Waals surface area contributed by atoms with Gasteiger partial charge >= 0.3 is 0 Å². The second-order valence-corrected chi connectivity index (χ2v) is 9.47. The topological polar surface area (TPSA) is 93.2 Å². The molecule has 1 aliphatic rings. The molecule has 0 atom stereocenters. The van der Waals surface area contributed by atoms with Crippen LogP contribution in [0.15, 0.2) is 12.3 Å². The van der Waals surface area contributed by atoms with Crippen LogP contribution in [0.2, 0.25) is 5.15 Å². The molecule has 2 heterocycles. The number of anilines is 1. The van der Waals surface area contributed by atoms with Gasteiger partial charge in [-0.2, -0.15) is 0 Å². The number of aromatic nitrogens is 1. The van der Waals surface area contributed by atoms with Gasteiger partial charge < -0.3 is 0 Å². The van der Waals surface area contributed by atoms with Crippen molar-refractivity contribution in [3.05, 3.63) is 23.0 Å². The van der Waals surface area contributed by atoms with Crippen LogP contribution in [0.25, 0.3) is 0 Å². The summed E-state index contributed by atoms with van der Waals surface area (Å²) in [6.45, 7) is 1.77. The highest BCUT2D eigenvalue weighted by Gasteiger charge is 2.33. The quantitative estimate of drug-likeness (QED) is 0.840. The summed E-state index contributed by atoms with van der Waals surface area (Å²) in [6, 6.07) is 1.59. The summed E-state index contributed by atoms with van der Waals surface area (Å²) in [5.41, 5.74) is 0.999. The molecular formula is C11H15ClN2O4S2. The third kappa shape index (κ3) is 3.62. The second kappa shape index (κ2) is 5.50. The van der Waals surface area contributed by atoms with Crippen molar-refractivity contribution in [2.75, 3.05) is 16.2 Å². The number of hydrogen-bond acceptors (Lipinski definition) is 5. The van der Waals surface area contributed by atoms with Crippen molar-refractivity contribution in [1.82, 2.24) is 4.98 Å². The Kier molecular flexibility index (Phi) is 4.27. The molecule has 20 heavy (non-hydrogen) atoms. The Hall–Kier alpha value is -0.860. The Bertz CT molecular complexity index is 702. The van der Waals surface area contributed by atoms with Crippen LogP contribution in [0.3, 0.4) is 0 Å². The molecule has 0 amide bonds. The molecule has 6 nitrogen and oxygen atoms in total. The van der Waals surface area contributed by atoms with Crippen LogP contribution < -0.4 is 4.72 Å². The lowest BCUT2D eigenvalue weighted by molar-refractivity contribution is 0.555. The maximum absolute atomic E-state index is 12.2. The number of pyridine rings is 1. The van der Waals surface area contributed by atoms with Gasteiger partial charge in [-0.05, 0) is 31.4 Å². The van der Waals surface area contributed by atoms with Crippen LogP contribution in [0.1, 0.15) is 18.4 Å². The molecule has 0 unspecified atom stereocenters. The third-order valence-corrected chi connectivity index (χ3v) is 7.04. The number of nitrogens with zero attached hydrogens (tertiary/aromatic N) is 1. The van der Waals surface area contributed by atoms with E-state index in [9.17, 15) is 16.8 Å². The molecule has 2 rings (SSSR count). The van der Waals surface area contributed by atoms with Gasteiger partial charge in [0.25, 0.3) is 0 Å². The molecule has 0 aliphatic carbocycles. The van der Waals surface area contributed by atoms with Gasteiger partial charge in [0.2, 0.25) is 10.0 Å². The predicted octanol–water partition coefficient (Wildman–Crippen LogP) is 1.36. The highest BCUT2D eigenvalue weighted by molar-refractivity contribution is 7.94. The SMILES string of the molecule is Cc1cnc(Cl)c(NS(=O)(=O)C2CCS(=O)(=O)CC2)c1. The Labute approximate surface area is 123 Å².